The Morgan fingerprint density at radius 1 is 0.944 bits per heavy atom. The molecule has 0 heterocycles. The van der Waals surface area contributed by atoms with Gasteiger partial charge in [-0.1, -0.05) is 65.7 Å². The maximum atomic E-state index is 2.58. The predicted octanol–water partition coefficient (Wildman–Crippen LogP) is 5.67. The van der Waals surface area contributed by atoms with Crippen molar-refractivity contribution in [2.45, 2.75) is 78.6 Å². The van der Waals surface area contributed by atoms with Crippen LogP contribution >= 0.6 is 0 Å². The van der Waals surface area contributed by atoms with E-state index in [1.807, 2.05) is 0 Å². The fraction of sp³-hybridized carbons (Fsp3) is 1.00. The lowest BCUT2D eigenvalue weighted by molar-refractivity contribution is 0.299. The van der Waals surface area contributed by atoms with Crippen LogP contribution < -0.4 is 0 Å². The lowest BCUT2D eigenvalue weighted by Gasteiger charge is -2.19. The number of hydrogen-bond donors (Lipinski definition) is 0. The van der Waals surface area contributed by atoms with Crippen LogP contribution in [0.15, 0.2) is 0 Å². The van der Waals surface area contributed by atoms with E-state index in [4.69, 9.17) is 0 Å². The van der Waals surface area contributed by atoms with Crippen molar-refractivity contribution in [2.75, 3.05) is 0 Å². The van der Waals surface area contributed by atoms with E-state index in [2.05, 4.69) is 20.8 Å². The van der Waals surface area contributed by atoms with Gasteiger partial charge in [0.15, 0.2) is 0 Å². The third-order valence-electron chi connectivity index (χ3n) is 7.11. The van der Waals surface area contributed by atoms with Gasteiger partial charge in [-0.3, -0.25) is 0 Å². The molecule has 4 fully saturated rings. The van der Waals surface area contributed by atoms with Gasteiger partial charge in [-0.25, -0.2) is 0 Å². The SMILES string of the molecule is CCCCCCCCCC12C(C)C3CC1C2C3C. The summed E-state index contributed by atoms with van der Waals surface area (Å²) < 4.78 is 0. The highest BCUT2D eigenvalue weighted by molar-refractivity contribution is 5.27. The van der Waals surface area contributed by atoms with E-state index < -0.39 is 0 Å². The minimum absolute atomic E-state index is 0.869. The van der Waals surface area contributed by atoms with Crippen molar-refractivity contribution in [3.8, 4) is 0 Å². The van der Waals surface area contributed by atoms with Crippen LogP contribution in [0.4, 0.5) is 0 Å². The standard InChI is InChI=1S/C18H32/c1-4-5-6-7-8-9-10-11-18-14(3)15-12-16(18)17(18)13(15)2/h13-17H,4-12H2,1-3H3. The quantitative estimate of drug-likeness (QED) is 0.486. The maximum Gasteiger partial charge on any atom is -0.0204 e. The third kappa shape index (κ3) is 1.70. The Bertz CT molecular complexity index is 290. The molecule has 18 heavy (non-hydrogen) atoms. The Labute approximate surface area is 114 Å². The molecule has 104 valence electrons. The summed E-state index contributed by atoms with van der Waals surface area (Å²) in [4.78, 5) is 0. The van der Waals surface area contributed by atoms with Crippen molar-refractivity contribution >= 4 is 0 Å². The van der Waals surface area contributed by atoms with Gasteiger partial charge < -0.3 is 0 Å². The molecule has 0 aromatic heterocycles. The Morgan fingerprint density at radius 3 is 2.11 bits per heavy atom. The van der Waals surface area contributed by atoms with Gasteiger partial charge in [-0.05, 0) is 47.8 Å². The first-order chi connectivity index (χ1) is 8.73. The molecule has 0 aliphatic heterocycles. The average Bonchev–Trinajstić information content (AvgIpc) is 2.61. The summed E-state index contributed by atoms with van der Waals surface area (Å²) in [6.45, 7) is 7.43. The molecule has 4 bridgehead atoms. The van der Waals surface area contributed by atoms with Gasteiger partial charge in [0.05, 0.1) is 0 Å². The second-order valence-electron chi connectivity index (χ2n) is 7.66. The summed E-state index contributed by atoms with van der Waals surface area (Å²) in [5.74, 6) is 5.60. The fourth-order valence-corrected chi connectivity index (χ4v) is 6.24. The van der Waals surface area contributed by atoms with Crippen molar-refractivity contribution < 1.29 is 0 Å². The zero-order valence-electron chi connectivity index (χ0n) is 12.8. The molecule has 4 aliphatic rings. The van der Waals surface area contributed by atoms with Crippen LogP contribution in [0.5, 0.6) is 0 Å². The zero-order chi connectivity index (χ0) is 12.8. The largest absolute Gasteiger partial charge is 0.0654 e. The number of hydrogen-bond acceptors (Lipinski definition) is 0. The molecule has 4 saturated carbocycles. The minimum Gasteiger partial charge on any atom is -0.0654 e. The van der Waals surface area contributed by atoms with Crippen LogP contribution in [0, 0.1) is 35.0 Å². The molecule has 6 atom stereocenters. The van der Waals surface area contributed by atoms with Crippen molar-refractivity contribution in [3.05, 3.63) is 0 Å². The van der Waals surface area contributed by atoms with Crippen LogP contribution in [0.25, 0.3) is 0 Å². The van der Waals surface area contributed by atoms with Crippen molar-refractivity contribution in [2.24, 2.45) is 35.0 Å². The van der Waals surface area contributed by atoms with Gasteiger partial charge in [0, 0.05) is 0 Å². The van der Waals surface area contributed by atoms with E-state index >= 15 is 0 Å². The highest BCUT2D eigenvalue weighted by Crippen LogP contribution is 2.84. The number of rotatable bonds is 8. The summed E-state index contributed by atoms with van der Waals surface area (Å²) in [7, 11) is 0. The first-order valence-corrected chi connectivity index (χ1v) is 8.73. The van der Waals surface area contributed by atoms with E-state index in [0.717, 1.165) is 29.1 Å². The van der Waals surface area contributed by atoms with E-state index in [1.54, 1.807) is 12.8 Å². The molecular weight excluding hydrogens is 216 g/mol. The van der Waals surface area contributed by atoms with Gasteiger partial charge in [-0.2, -0.15) is 0 Å². The van der Waals surface area contributed by atoms with Gasteiger partial charge in [0.2, 0.25) is 0 Å². The Kier molecular flexibility index (Phi) is 3.49. The first kappa shape index (κ1) is 13.0. The molecule has 0 aromatic rings. The van der Waals surface area contributed by atoms with Crippen LogP contribution in [-0.4, -0.2) is 0 Å². The fourth-order valence-electron chi connectivity index (χ4n) is 6.24. The highest BCUT2D eigenvalue weighted by Gasteiger charge is 2.79. The van der Waals surface area contributed by atoms with Gasteiger partial charge in [0.25, 0.3) is 0 Å². The Balaban J connectivity index is 1.36. The number of unbranched alkanes of at least 4 members (excludes halogenated alkanes) is 6. The molecule has 0 saturated heterocycles. The van der Waals surface area contributed by atoms with E-state index in [0.29, 0.717) is 0 Å². The molecule has 0 aromatic carbocycles. The van der Waals surface area contributed by atoms with Gasteiger partial charge in [0.1, 0.15) is 0 Å². The molecule has 4 rings (SSSR count). The van der Waals surface area contributed by atoms with Crippen LogP contribution in [0.1, 0.15) is 78.6 Å². The molecule has 0 amide bonds. The molecule has 0 nitrogen and oxygen atoms in total. The van der Waals surface area contributed by atoms with Crippen LogP contribution in [0.2, 0.25) is 0 Å². The summed E-state index contributed by atoms with van der Waals surface area (Å²) in [6, 6.07) is 0. The first-order valence-electron chi connectivity index (χ1n) is 8.73. The van der Waals surface area contributed by atoms with E-state index in [9.17, 15) is 0 Å². The summed E-state index contributed by atoms with van der Waals surface area (Å²) >= 11 is 0. The summed E-state index contributed by atoms with van der Waals surface area (Å²) in [6.07, 6.45) is 13.5. The maximum absolute atomic E-state index is 2.58. The summed E-state index contributed by atoms with van der Waals surface area (Å²) in [5.41, 5.74) is 0.869. The Morgan fingerprint density at radius 2 is 1.61 bits per heavy atom. The zero-order valence-corrected chi connectivity index (χ0v) is 12.8. The molecular formula is C18H32. The third-order valence-corrected chi connectivity index (χ3v) is 7.11. The van der Waals surface area contributed by atoms with Crippen LogP contribution in [0.3, 0.4) is 0 Å². The Hall–Kier alpha value is 0. The molecule has 4 aliphatic carbocycles. The molecule has 0 radical (unpaired) electrons. The topological polar surface area (TPSA) is 0 Å². The smallest absolute Gasteiger partial charge is 0.0204 e. The normalized spacial score (nSPS) is 47.8. The van der Waals surface area contributed by atoms with E-state index in [1.165, 1.54) is 50.9 Å². The minimum atomic E-state index is 0.869. The average molecular weight is 248 g/mol. The van der Waals surface area contributed by atoms with Gasteiger partial charge >= 0.3 is 0 Å². The monoisotopic (exact) mass is 248 g/mol. The predicted molar refractivity (Wildman–Crippen MR) is 78.5 cm³/mol. The molecule has 0 heteroatoms. The lowest BCUT2D eigenvalue weighted by atomic mass is 9.86. The molecule has 6 unspecified atom stereocenters. The van der Waals surface area contributed by atoms with Gasteiger partial charge in [-0.15, -0.1) is 0 Å². The lowest BCUT2D eigenvalue weighted by Crippen LogP contribution is -2.12. The van der Waals surface area contributed by atoms with E-state index in [-0.39, 0.29) is 0 Å². The second kappa shape index (κ2) is 4.84. The van der Waals surface area contributed by atoms with Crippen molar-refractivity contribution in [1.29, 1.82) is 0 Å². The van der Waals surface area contributed by atoms with Crippen LogP contribution in [-0.2, 0) is 0 Å². The summed E-state index contributed by atoms with van der Waals surface area (Å²) in [5, 5.41) is 0. The van der Waals surface area contributed by atoms with Crippen molar-refractivity contribution in [3.63, 3.8) is 0 Å². The molecule has 0 spiro atoms. The molecule has 0 N–H and O–H groups in total. The highest BCUT2D eigenvalue weighted by atomic mass is 14.8. The second-order valence-corrected chi connectivity index (χ2v) is 7.66. The van der Waals surface area contributed by atoms with Crippen molar-refractivity contribution in [1.82, 2.24) is 0 Å².